The molecule has 7 nitrogen and oxygen atoms in total. The van der Waals surface area contributed by atoms with E-state index in [1.54, 1.807) is 39.5 Å². The maximum atomic E-state index is 12.8. The molecule has 4 aromatic rings. The molecule has 0 saturated carbocycles. The van der Waals surface area contributed by atoms with Crippen molar-refractivity contribution >= 4 is 22.4 Å². The van der Waals surface area contributed by atoms with E-state index in [1.165, 1.54) is 15.9 Å². The van der Waals surface area contributed by atoms with E-state index >= 15 is 0 Å². The third-order valence-electron chi connectivity index (χ3n) is 4.25. The Hall–Kier alpha value is -3.39. The fourth-order valence-electron chi connectivity index (χ4n) is 2.79. The van der Waals surface area contributed by atoms with E-state index in [9.17, 15) is 4.79 Å². The number of nitrogens with zero attached hydrogens (tertiary/aromatic N) is 3. The van der Waals surface area contributed by atoms with E-state index in [2.05, 4.69) is 10.1 Å². The maximum Gasteiger partial charge on any atom is 0.291 e. The first-order valence-electron chi connectivity index (χ1n) is 8.40. The van der Waals surface area contributed by atoms with Crippen molar-refractivity contribution in [3.8, 4) is 28.6 Å². The average molecular weight is 395 g/mol. The van der Waals surface area contributed by atoms with Gasteiger partial charge in [-0.2, -0.15) is 9.50 Å². The van der Waals surface area contributed by atoms with Gasteiger partial charge in [-0.05, 0) is 48.5 Å². The van der Waals surface area contributed by atoms with Crippen LogP contribution in [0.15, 0.2) is 47.3 Å². The molecule has 4 rings (SSSR count). The van der Waals surface area contributed by atoms with Crippen molar-refractivity contribution in [1.29, 1.82) is 0 Å². The molecule has 0 bridgehead atoms. The summed E-state index contributed by atoms with van der Waals surface area (Å²) >= 11 is 1.27. The van der Waals surface area contributed by atoms with Crippen molar-refractivity contribution in [2.45, 2.75) is 0 Å². The average Bonchev–Trinajstić information content (AvgIpc) is 3.27. The number of methoxy groups -OCH3 is 3. The van der Waals surface area contributed by atoms with Crippen LogP contribution in [0, 0.1) is 0 Å². The molecular formula is C20H17N3O4S. The predicted octanol–water partition coefficient (Wildman–Crippen LogP) is 2.39. The Morgan fingerprint density at radius 1 is 0.964 bits per heavy atom. The quantitative estimate of drug-likeness (QED) is 0.517. The summed E-state index contributed by atoms with van der Waals surface area (Å²) in [6, 6.07) is 12.8. The third-order valence-corrected chi connectivity index (χ3v) is 5.21. The highest BCUT2D eigenvalue weighted by Gasteiger charge is 2.13. The van der Waals surface area contributed by atoms with Gasteiger partial charge in [0.05, 0.1) is 25.9 Å². The van der Waals surface area contributed by atoms with E-state index in [-0.39, 0.29) is 5.56 Å². The molecule has 0 fully saturated rings. The lowest BCUT2D eigenvalue weighted by Crippen LogP contribution is -2.23. The lowest BCUT2D eigenvalue weighted by Gasteiger charge is -2.06. The topological polar surface area (TPSA) is 75.0 Å². The molecule has 0 atom stereocenters. The molecule has 0 amide bonds. The zero-order valence-electron chi connectivity index (χ0n) is 15.5. The summed E-state index contributed by atoms with van der Waals surface area (Å²) in [6.45, 7) is 0. The second kappa shape index (κ2) is 7.32. The Labute approximate surface area is 164 Å². The van der Waals surface area contributed by atoms with Gasteiger partial charge in [0.2, 0.25) is 4.96 Å². The summed E-state index contributed by atoms with van der Waals surface area (Å²) < 4.78 is 17.6. The summed E-state index contributed by atoms with van der Waals surface area (Å²) in [5, 5.41) is 4.36. The molecule has 0 aliphatic rings. The third kappa shape index (κ3) is 3.18. The zero-order chi connectivity index (χ0) is 19.7. The molecule has 8 heteroatoms. The van der Waals surface area contributed by atoms with E-state index in [0.29, 0.717) is 26.8 Å². The van der Waals surface area contributed by atoms with Crippen LogP contribution >= 0.6 is 11.3 Å². The molecule has 0 radical (unpaired) electrons. The van der Waals surface area contributed by atoms with Gasteiger partial charge in [-0.3, -0.25) is 4.79 Å². The number of fused-ring (bicyclic) bond motifs is 1. The van der Waals surface area contributed by atoms with Gasteiger partial charge in [-0.15, -0.1) is 5.10 Å². The minimum absolute atomic E-state index is 0.225. The number of ether oxygens (including phenoxy) is 3. The molecule has 2 heterocycles. The minimum Gasteiger partial charge on any atom is -0.497 e. The summed E-state index contributed by atoms with van der Waals surface area (Å²) in [7, 11) is 4.79. The van der Waals surface area contributed by atoms with Gasteiger partial charge >= 0.3 is 0 Å². The highest BCUT2D eigenvalue weighted by molar-refractivity contribution is 7.15. The Morgan fingerprint density at radius 2 is 1.68 bits per heavy atom. The van der Waals surface area contributed by atoms with E-state index in [0.717, 1.165) is 16.9 Å². The standard InChI is InChI=1S/C20H17N3O4S/c1-25-14-6-4-12(5-7-14)18-21-20-23(22-18)19(24)17(28-20)11-13-10-15(26-2)8-9-16(13)27-3/h4-11H,1-3H3/b17-11+. The van der Waals surface area contributed by atoms with Crippen LogP contribution in [-0.2, 0) is 0 Å². The van der Waals surface area contributed by atoms with Gasteiger partial charge in [-0.1, -0.05) is 11.3 Å². The fraction of sp³-hybridized carbons (Fsp3) is 0.150. The van der Waals surface area contributed by atoms with E-state index in [4.69, 9.17) is 14.2 Å². The molecule has 0 spiro atoms. The number of hydrogen-bond donors (Lipinski definition) is 0. The Morgan fingerprint density at radius 3 is 2.32 bits per heavy atom. The van der Waals surface area contributed by atoms with Crippen LogP contribution in [0.4, 0.5) is 0 Å². The SMILES string of the molecule is COc1ccc(-c2nc3s/c(=C/c4cc(OC)ccc4OC)c(=O)n3n2)cc1. The Kier molecular flexibility index (Phi) is 4.70. The van der Waals surface area contributed by atoms with Gasteiger partial charge in [0.25, 0.3) is 5.56 Å². The lowest BCUT2D eigenvalue weighted by molar-refractivity contribution is 0.402. The largest absolute Gasteiger partial charge is 0.497 e. The van der Waals surface area contributed by atoms with Gasteiger partial charge in [0.15, 0.2) is 5.82 Å². The summed E-state index contributed by atoms with van der Waals surface area (Å²) in [5.74, 6) is 2.58. The van der Waals surface area contributed by atoms with Crippen LogP contribution in [0.3, 0.4) is 0 Å². The van der Waals surface area contributed by atoms with E-state index in [1.807, 2.05) is 30.3 Å². The molecule has 0 N–H and O–H groups in total. The first-order valence-corrected chi connectivity index (χ1v) is 9.22. The van der Waals surface area contributed by atoms with Crippen molar-refractivity contribution in [2.75, 3.05) is 21.3 Å². The minimum atomic E-state index is -0.225. The molecule has 2 aromatic carbocycles. The van der Waals surface area contributed by atoms with Crippen LogP contribution in [0.5, 0.6) is 17.2 Å². The molecule has 0 unspecified atom stereocenters. The van der Waals surface area contributed by atoms with Crippen molar-refractivity contribution < 1.29 is 14.2 Å². The number of aromatic nitrogens is 3. The number of hydrogen-bond acceptors (Lipinski definition) is 7. The number of rotatable bonds is 5. The summed E-state index contributed by atoms with van der Waals surface area (Å²) in [5.41, 5.74) is 1.34. The monoisotopic (exact) mass is 395 g/mol. The van der Waals surface area contributed by atoms with E-state index < -0.39 is 0 Å². The normalized spacial score (nSPS) is 11.8. The molecule has 0 saturated heterocycles. The lowest BCUT2D eigenvalue weighted by atomic mass is 10.2. The second-order valence-electron chi connectivity index (χ2n) is 5.88. The van der Waals surface area contributed by atoms with Gasteiger partial charge in [0, 0.05) is 11.1 Å². The van der Waals surface area contributed by atoms with Gasteiger partial charge in [-0.25, -0.2) is 0 Å². The number of benzene rings is 2. The van der Waals surface area contributed by atoms with Gasteiger partial charge in [0.1, 0.15) is 17.2 Å². The molecule has 28 heavy (non-hydrogen) atoms. The fourth-order valence-corrected chi connectivity index (χ4v) is 3.69. The highest BCUT2D eigenvalue weighted by Crippen LogP contribution is 2.25. The Bertz CT molecular complexity index is 1250. The second-order valence-corrected chi connectivity index (χ2v) is 6.89. The van der Waals surface area contributed by atoms with Crippen LogP contribution in [-0.4, -0.2) is 35.9 Å². The number of thiazole rings is 1. The van der Waals surface area contributed by atoms with Crippen LogP contribution in [0.1, 0.15) is 5.56 Å². The molecule has 0 aliphatic heterocycles. The van der Waals surface area contributed by atoms with Crippen molar-refractivity contribution in [3.05, 3.63) is 62.9 Å². The smallest absolute Gasteiger partial charge is 0.291 e. The van der Waals surface area contributed by atoms with Crippen LogP contribution in [0.2, 0.25) is 0 Å². The molecular weight excluding hydrogens is 378 g/mol. The molecule has 0 aliphatic carbocycles. The van der Waals surface area contributed by atoms with Crippen LogP contribution in [0.25, 0.3) is 22.4 Å². The van der Waals surface area contributed by atoms with Crippen molar-refractivity contribution in [2.24, 2.45) is 0 Å². The summed E-state index contributed by atoms with van der Waals surface area (Å²) in [4.78, 5) is 17.8. The zero-order valence-corrected chi connectivity index (χ0v) is 16.3. The first-order chi connectivity index (χ1) is 13.6. The maximum absolute atomic E-state index is 12.8. The predicted molar refractivity (Wildman–Crippen MR) is 107 cm³/mol. The molecule has 2 aromatic heterocycles. The Balaban J connectivity index is 1.78. The summed E-state index contributed by atoms with van der Waals surface area (Å²) in [6.07, 6.45) is 1.76. The first kappa shape index (κ1) is 18.0. The van der Waals surface area contributed by atoms with Gasteiger partial charge < -0.3 is 14.2 Å². The van der Waals surface area contributed by atoms with Crippen molar-refractivity contribution in [3.63, 3.8) is 0 Å². The molecule has 142 valence electrons. The van der Waals surface area contributed by atoms with Crippen molar-refractivity contribution in [1.82, 2.24) is 14.6 Å². The van der Waals surface area contributed by atoms with Crippen LogP contribution < -0.4 is 24.3 Å². The highest BCUT2D eigenvalue weighted by atomic mass is 32.1.